The largest absolute Gasteiger partial charge is 0.309 e. The molecule has 0 saturated heterocycles. The summed E-state index contributed by atoms with van der Waals surface area (Å²) >= 11 is 0. The maximum atomic E-state index is 5.10. The van der Waals surface area contributed by atoms with Crippen LogP contribution in [-0.4, -0.2) is 19.1 Å². The van der Waals surface area contributed by atoms with Crippen LogP contribution in [0.4, 0.5) is 0 Å². The van der Waals surface area contributed by atoms with Crippen LogP contribution >= 0.6 is 0 Å². The first-order valence-electron chi connectivity index (χ1n) is 19.0. The second kappa shape index (κ2) is 13.1. The van der Waals surface area contributed by atoms with Crippen molar-refractivity contribution in [1.29, 1.82) is 0 Å². The predicted octanol–water partition coefficient (Wildman–Crippen LogP) is 13.3. The van der Waals surface area contributed by atoms with Gasteiger partial charge in [-0.25, -0.2) is 9.97 Å². The van der Waals surface area contributed by atoms with Gasteiger partial charge in [0.15, 0.2) is 5.82 Å². The smallest absolute Gasteiger partial charge is 0.160 e. The zero-order valence-electron chi connectivity index (χ0n) is 30.4. The van der Waals surface area contributed by atoms with Gasteiger partial charge in [-0.05, 0) is 59.7 Å². The van der Waals surface area contributed by atoms with E-state index in [4.69, 9.17) is 9.97 Å². The van der Waals surface area contributed by atoms with Crippen molar-refractivity contribution in [3.05, 3.63) is 206 Å². The van der Waals surface area contributed by atoms with Gasteiger partial charge < -0.3 is 9.13 Å². The van der Waals surface area contributed by atoms with Gasteiger partial charge in [0.2, 0.25) is 0 Å². The van der Waals surface area contributed by atoms with Gasteiger partial charge in [0, 0.05) is 49.6 Å². The van der Waals surface area contributed by atoms with E-state index in [-0.39, 0.29) is 0 Å². The Kier molecular flexibility index (Phi) is 7.46. The van der Waals surface area contributed by atoms with Crippen LogP contribution in [0, 0.1) is 0 Å². The van der Waals surface area contributed by atoms with E-state index in [2.05, 4.69) is 203 Å². The van der Waals surface area contributed by atoms with Crippen molar-refractivity contribution >= 4 is 43.6 Å². The highest BCUT2D eigenvalue weighted by atomic mass is 15.0. The van der Waals surface area contributed by atoms with E-state index >= 15 is 0 Å². The average molecular weight is 715 g/mol. The molecule has 0 radical (unpaired) electrons. The zero-order chi connectivity index (χ0) is 37.0. The molecule has 0 bridgehead atoms. The third kappa shape index (κ3) is 5.31. The van der Waals surface area contributed by atoms with Crippen LogP contribution in [0.2, 0.25) is 0 Å². The lowest BCUT2D eigenvalue weighted by Crippen LogP contribution is -2.00. The van der Waals surface area contributed by atoms with Crippen molar-refractivity contribution < 1.29 is 0 Å². The van der Waals surface area contributed by atoms with Crippen LogP contribution in [0.25, 0.3) is 100 Å². The van der Waals surface area contributed by atoms with Gasteiger partial charge in [-0.2, -0.15) is 0 Å². The molecule has 3 heterocycles. The quantitative estimate of drug-likeness (QED) is 0.172. The Morgan fingerprint density at radius 1 is 0.268 bits per heavy atom. The molecule has 0 unspecified atom stereocenters. The SMILES string of the molecule is c1ccc(-c2cc(-c3ccccc3)nc(-c3ccc(-c4cc(-n5c6ccccc6c6ccccc65)cc(-n5c6ccccc6c6ccccc65)c4)cc3)n2)cc1. The molecule has 4 heteroatoms. The molecule has 0 aliphatic carbocycles. The number of fused-ring (bicyclic) bond motifs is 6. The molecule has 56 heavy (non-hydrogen) atoms. The number of aromatic nitrogens is 4. The van der Waals surface area contributed by atoms with Gasteiger partial charge >= 0.3 is 0 Å². The standard InChI is InChI=1S/C52H34N4/c1-3-15-36(16-4-1)46-34-47(37-17-5-2-6-18-37)54-52(53-46)38-29-27-35(28-30-38)39-31-40(55-48-23-11-7-19-42(48)43-20-8-12-24-49(43)55)33-41(32-39)56-50-25-13-9-21-44(50)45-22-10-14-26-51(45)56/h1-34H. The minimum atomic E-state index is 0.696. The fraction of sp³-hybridized carbons (Fsp3) is 0. The highest BCUT2D eigenvalue weighted by molar-refractivity contribution is 6.10. The molecule has 0 spiro atoms. The Morgan fingerprint density at radius 3 is 1.04 bits per heavy atom. The summed E-state index contributed by atoms with van der Waals surface area (Å²) in [6, 6.07) is 73.3. The van der Waals surface area contributed by atoms with Crippen LogP contribution in [0.1, 0.15) is 0 Å². The van der Waals surface area contributed by atoms with E-state index in [0.717, 1.165) is 50.6 Å². The first-order chi connectivity index (χ1) is 27.8. The minimum Gasteiger partial charge on any atom is -0.309 e. The van der Waals surface area contributed by atoms with E-state index < -0.39 is 0 Å². The van der Waals surface area contributed by atoms with Gasteiger partial charge in [-0.3, -0.25) is 0 Å². The summed E-state index contributed by atoms with van der Waals surface area (Å²) in [5.74, 6) is 0.696. The molecular weight excluding hydrogens is 681 g/mol. The molecule has 11 aromatic rings. The molecule has 3 aromatic heterocycles. The number of hydrogen-bond donors (Lipinski definition) is 0. The van der Waals surface area contributed by atoms with Gasteiger partial charge in [-0.15, -0.1) is 0 Å². The summed E-state index contributed by atoms with van der Waals surface area (Å²) < 4.78 is 4.82. The third-order valence-electron chi connectivity index (χ3n) is 10.9. The average Bonchev–Trinajstić information content (AvgIpc) is 3.80. The molecule has 0 aliphatic rings. The van der Waals surface area contributed by atoms with Crippen molar-refractivity contribution in [2.45, 2.75) is 0 Å². The van der Waals surface area contributed by atoms with E-state index in [1.54, 1.807) is 0 Å². The third-order valence-corrected chi connectivity index (χ3v) is 10.9. The Morgan fingerprint density at radius 2 is 0.625 bits per heavy atom. The second-order valence-electron chi connectivity index (χ2n) is 14.2. The Labute approximate surface area is 324 Å². The summed E-state index contributed by atoms with van der Waals surface area (Å²) in [5, 5.41) is 4.96. The van der Waals surface area contributed by atoms with E-state index in [1.807, 2.05) is 12.1 Å². The molecule has 0 amide bonds. The van der Waals surface area contributed by atoms with Gasteiger partial charge in [0.25, 0.3) is 0 Å². The molecule has 262 valence electrons. The molecule has 0 atom stereocenters. The van der Waals surface area contributed by atoms with Gasteiger partial charge in [0.1, 0.15) is 0 Å². The maximum Gasteiger partial charge on any atom is 0.160 e. The molecule has 4 nitrogen and oxygen atoms in total. The summed E-state index contributed by atoms with van der Waals surface area (Å²) in [5.41, 5.74) is 14.0. The van der Waals surface area contributed by atoms with Crippen LogP contribution in [0.5, 0.6) is 0 Å². The van der Waals surface area contributed by atoms with E-state index in [1.165, 1.54) is 43.6 Å². The maximum absolute atomic E-state index is 5.10. The lowest BCUT2D eigenvalue weighted by Gasteiger charge is -2.16. The molecule has 0 fully saturated rings. The summed E-state index contributed by atoms with van der Waals surface area (Å²) in [7, 11) is 0. The molecule has 11 rings (SSSR count). The topological polar surface area (TPSA) is 35.6 Å². The molecular formula is C52H34N4. The first kappa shape index (κ1) is 31.9. The highest BCUT2D eigenvalue weighted by Gasteiger charge is 2.18. The first-order valence-corrected chi connectivity index (χ1v) is 19.0. The molecule has 8 aromatic carbocycles. The Hall–Kier alpha value is -7.56. The van der Waals surface area contributed by atoms with Crippen LogP contribution < -0.4 is 0 Å². The summed E-state index contributed by atoms with van der Waals surface area (Å²) in [4.78, 5) is 10.2. The van der Waals surface area contributed by atoms with Crippen LogP contribution in [0.15, 0.2) is 206 Å². The lowest BCUT2D eigenvalue weighted by molar-refractivity contribution is 1.13. The van der Waals surface area contributed by atoms with E-state index in [9.17, 15) is 0 Å². The Balaban J connectivity index is 1.11. The van der Waals surface area contributed by atoms with Crippen molar-refractivity contribution in [2.75, 3.05) is 0 Å². The molecule has 0 saturated carbocycles. The number of rotatable bonds is 6. The van der Waals surface area contributed by atoms with Crippen molar-refractivity contribution in [3.63, 3.8) is 0 Å². The number of benzene rings is 8. The normalized spacial score (nSPS) is 11.6. The predicted molar refractivity (Wildman–Crippen MR) is 232 cm³/mol. The van der Waals surface area contributed by atoms with Crippen molar-refractivity contribution in [3.8, 4) is 56.4 Å². The van der Waals surface area contributed by atoms with Crippen LogP contribution in [0.3, 0.4) is 0 Å². The van der Waals surface area contributed by atoms with E-state index in [0.29, 0.717) is 5.82 Å². The highest BCUT2D eigenvalue weighted by Crippen LogP contribution is 2.38. The van der Waals surface area contributed by atoms with Gasteiger partial charge in [-0.1, -0.05) is 158 Å². The summed E-state index contributed by atoms with van der Waals surface area (Å²) in [6.07, 6.45) is 0. The lowest BCUT2D eigenvalue weighted by atomic mass is 10.0. The Bertz CT molecular complexity index is 2930. The number of hydrogen-bond acceptors (Lipinski definition) is 2. The monoisotopic (exact) mass is 714 g/mol. The fourth-order valence-corrected chi connectivity index (χ4v) is 8.32. The zero-order valence-corrected chi connectivity index (χ0v) is 30.4. The number of para-hydroxylation sites is 4. The van der Waals surface area contributed by atoms with Gasteiger partial charge in [0.05, 0.1) is 33.5 Å². The second-order valence-corrected chi connectivity index (χ2v) is 14.2. The van der Waals surface area contributed by atoms with Crippen LogP contribution in [-0.2, 0) is 0 Å². The summed E-state index contributed by atoms with van der Waals surface area (Å²) in [6.45, 7) is 0. The number of nitrogens with zero attached hydrogens (tertiary/aromatic N) is 4. The fourth-order valence-electron chi connectivity index (χ4n) is 8.32. The minimum absolute atomic E-state index is 0.696. The molecule has 0 N–H and O–H groups in total. The van der Waals surface area contributed by atoms with Crippen molar-refractivity contribution in [2.24, 2.45) is 0 Å². The molecule has 0 aliphatic heterocycles. The van der Waals surface area contributed by atoms with Crippen molar-refractivity contribution in [1.82, 2.24) is 19.1 Å².